The molecule has 0 saturated heterocycles. The van der Waals surface area contributed by atoms with Gasteiger partial charge in [-0.1, -0.05) is 13.8 Å². The van der Waals surface area contributed by atoms with Crippen molar-refractivity contribution in [2.45, 2.75) is 13.8 Å². The summed E-state index contributed by atoms with van der Waals surface area (Å²) in [6, 6.07) is 0. The Morgan fingerprint density at radius 1 is 1.50 bits per heavy atom. The molecule has 0 atom stereocenters. The summed E-state index contributed by atoms with van der Waals surface area (Å²) in [5, 5.41) is 0. The minimum Gasteiger partial charge on any atom is -0.438 e. The summed E-state index contributed by atoms with van der Waals surface area (Å²) in [5.41, 5.74) is 4.50. The Hall–Kier alpha value is -2.25. The topological polar surface area (TPSA) is 104 Å². The van der Waals surface area contributed by atoms with Gasteiger partial charge in [0.2, 0.25) is 18.6 Å². The van der Waals surface area contributed by atoms with E-state index >= 15 is 0 Å². The van der Waals surface area contributed by atoms with Crippen LogP contribution in [0.2, 0.25) is 0 Å². The Bertz CT molecular complexity index is 464. The molecule has 0 aliphatic heterocycles. The van der Waals surface area contributed by atoms with Crippen LogP contribution in [-0.4, -0.2) is 28.6 Å². The van der Waals surface area contributed by atoms with Crippen molar-refractivity contribution in [2.24, 2.45) is 11.7 Å². The SMILES string of the molecule is CC(C)C(=O)OCOc1ncc(F)nc1C(N)=O. The van der Waals surface area contributed by atoms with Crippen molar-refractivity contribution >= 4 is 11.9 Å². The smallest absolute Gasteiger partial charge is 0.311 e. The number of halogens is 1. The summed E-state index contributed by atoms with van der Waals surface area (Å²) in [4.78, 5) is 28.8. The summed E-state index contributed by atoms with van der Waals surface area (Å²) in [7, 11) is 0. The van der Waals surface area contributed by atoms with E-state index in [1.165, 1.54) is 0 Å². The fourth-order valence-electron chi connectivity index (χ4n) is 0.933. The fourth-order valence-corrected chi connectivity index (χ4v) is 0.933. The maximum absolute atomic E-state index is 12.7. The van der Waals surface area contributed by atoms with E-state index in [9.17, 15) is 14.0 Å². The van der Waals surface area contributed by atoms with Gasteiger partial charge in [0, 0.05) is 0 Å². The number of esters is 1. The van der Waals surface area contributed by atoms with Crippen molar-refractivity contribution in [1.29, 1.82) is 0 Å². The van der Waals surface area contributed by atoms with Gasteiger partial charge in [0.05, 0.1) is 12.1 Å². The molecule has 98 valence electrons. The minimum atomic E-state index is -0.993. The molecule has 0 saturated carbocycles. The van der Waals surface area contributed by atoms with Gasteiger partial charge < -0.3 is 15.2 Å². The van der Waals surface area contributed by atoms with Gasteiger partial charge in [0.15, 0.2) is 5.69 Å². The molecule has 0 aromatic carbocycles. The first-order valence-electron chi connectivity index (χ1n) is 5.03. The van der Waals surface area contributed by atoms with E-state index in [1.54, 1.807) is 13.8 Å². The number of amides is 1. The Morgan fingerprint density at radius 2 is 2.17 bits per heavy atom. The van der Waals surface area contributed by atoms with Crippen molar-refractivity contribution in [3.63, 3.8) is 0 Å². The van der Waals surface area contributed by atoms with E-state index in [4.69, 9.17) is 15.2 Å². The molecule has 2 N–H and O–H groups in total. The number of hydrogen-bond acceptors (Lipinski definition) is 6. The van der Waals surface area contributed by atoms with Crippen LogP contribution in [0.5, 0.6) is 5.88 Å². The van der Waals surface area contributed by atoms with Crippen LogP contribution in [0.4, 0.5) is 4.39 Å². The van der Waals surface area contributed by atoms with Gasteiger partial charge in [0.1, 0.15) is 0 Å². The lowest BCUT2D eigenvalue weighted by Gasteiger charge is -2.09. The molecular weight excluding hydrogens is 245 g/mol. The zero-order valence-electron chi connectivity index (χ0n) is 9.84. The summed E-state index contributed by atoms with van der Waals surface area (Å²) in [6.07, 6.45) is 0.756. The fraction of sp³-hybridized carbons (Fsp3) is 0.400. The molecular formula is C10H12FN3O4. The van der Waals surface area contributed by atoms with Gasteiger partial charge in [0.25, 0.3) is 5.91 Å². The summed E-state index contributed by atoms with van der Waals surface area (Å²) in [5.74, 6) is -3.04. The Labute approximate surface area is 102 Å². The predicted octanol–water partition coefficient (Wildman–Crippen LogP) is 0.250. The first-order chi connectivity index (χ1) is 8.41. The number of nitrogens with zero attached hydrogens (tertiary/aromatic N) is 2. The van der Waals surface area contributed by atoms with Crippen LogP contribution in [0.3, 0.4) is 0 Å². The molecule has 0 bridgehead atoms. The lowest BCUT2D eigenvalue weighted by molar-refractivity contribution is -0.154. The third-order valence-electron chi connectivity index (χ3n) is 1.81. The number of ether oxygens (including phenoxy) is 2. The molecule has 0 fully saturated rings. The van der Waals surface area contributed by atoms with Gasteiger partial charge in [-0.05, 0) is 0 Å². The second-order valence-corrected chi connectivity index (χ2v) is 3.59. The van der Waals surface area contributed by atoms with Crippen LogP contribution in [0.25, 0.3) is 0 Å². The third kappa shape index (κ3) is 3.65. The van der Waals surface area contributed by atoms with Gasteiger partial charge in [-0.2, -0.15) is 4.39 Å². The van der Waals surface area contributed by atoms with Crippen LogP contribution in [0.15, 0.2) is 6.20 Å². The number of carbonyl (C=O) groups excluding carboxylic acids is 2. The molecule has 0 unspecified atom stereocenters. The number of rotatable bonds is 5. The molecule has 18 heavy (non-hydrogen) atoms. The van der Waals surface area contributed by atoms with Crippen molar-refractivity contribution in [3.05, 3.63) is 17.8 Å². The van der Waals surface area contributed by atoms with Crippen molar-refractivity contribution < 1.29 is 23.5 Å². The largest absolute Gasteiger partial charge is 0.438 e. The van der Waals surface area contributed by atoms with E-state index in [0.29, 0.717) is 0 Å². The van der Waals surface area contributed by atoms with Crippen molar-refractivity contribution in [2.75, 3.05) is 6.79 Å². The maximum atomic E-state index is 12.7. The van der Waals surface area contributed by atoms with E-state index < -0.39 is 30.3 Å². The minimum absolute atomic E-state index is 0.291. The number of aromatic nitrogens is 2. The molecule has 0 radical (unpaired) electrons. The number of primary amides is 1. The molecule has 0 spiro atoms. The highest BCUT2D eigenvalue weighted by molar-refractivity contribution is 5.92. The molecule has 1 heterocycles. The third-order valence-corrected chi connectivity index (χ3v) is 1.81. The molecule has 8 heteroatoms. The zero-order valence-corrected chi connectivity index (χ0v) is 9.84. The monoisotopic (exact) mass is 257 g/mol. The second-order valence-electron chi connectivity index (χ2n) is 3.59. The predicted molar refractivity (Wildman–Crippen MR) is 56.9 cm³/mol. The quantitative estimate of drug-likeness (QED) is 0.598. The van der Waals surface area contributed by atoms with Crippen LogP contribution >= 0.6 is 0 Å². The van der Waals surface area contributed by atoms with E-state index in [1.807, 2.05) is 0 Å². The van der Waals surface area contributed by atoms with E-state index in [2.05, 4.69) is 9.97 Å². The average Bonchev–Trinajstić information content (AvgIpc) is 2.30. The zero-order chi connectivity index (χ0) is 13.7. The Morgan fingerprint density at radius 3 is 2.72 bits per heavy atom. The molecule has 1 rings (SSSR count). The Kier molecular flexibility index (Phi) is 4.52. The van der Waals surface area contributed by atoms with Crippen molar-refractivity contribution in [1.82, 2.24) is 9.97 Å². The highest BCUT2D eigenvalue weighted by atomic mass is 19.1. The molecule has 0 aliphatic carbocycles. The summed E-state index contributed by atoms with van der Waals surface area (Å²) < 4.78 is 22.3. The Balaban J connectivity index is 2.68. The van der Waals surface area contributed by atoms with E-state index in [-0.39, 0.29) is 11.8 Å². The summed E-state index contributed by atoms with van der Waals surface area (Å²) >= 11 is 0. The first kappa shape index (κ1) is 13.8. The summed E-state index contributed by atoms with van der Waals surface area (Å²) in [6.45, 7) is 2.83. The number of hydrogen-bond donors (Lipinski definition) is 1. The van der Waals surface area contributed by atoms with Crippen LogP contribution < -0.4 is 10.5 Å². The van der Waals surface area contributed by atoms with Gasteiger partial charge in [-0.25, -0.2) is 9.97 Å². The van der Waals surface area contributed by atoms with Gasteiger partial charge in [-0.15, -0.1) is 0 Å². The van der Waals surface area contributed by atoms with E-state index in [0.717, 1.165) is 6.20 Å². The lowest BCUT2D eigenvalue weighted by atomic mass is 10.2. The standard InChI is InChI=1S/C10H12FN3O4/c1-5(2)10(16)18-4-17-9-7(8(12)15)14-6(11)3-13-9/h3,5H,4H2,1-2H3,(H2,12,15). The number of nitrogens with two attached hydrogens (primary N) is 1. The molecule has 0 aliphatic rings. The molecule has 7 nitrogen and oxygen atoms in total. The number of carbonyl (C=O) groups is 2. The highest BCUT2D eigenvalue weighted by Crippen LogP contribution is 2.12. The molecule has 1 aromatic rings. The molecule has 1 aromatic heterocycles. The van der Waals surface area contributed by atoms with Gasteiger partial charge >= 0.3 is 5.97 Å². The van der Waals surface area contributed by atoms with Gasteiger partial charge in [-0.3, -0.25) is 9.59 Å². The average molecular weight is 257 g/mol. The second kappa shape index (κ2) is 5.89. The van der Waals surface area contributed by atoms with Crippen LogP contribution in [0, 0.1) is 11.9 Å². The van der Waals surface area contributed by atoms with Crippen molar-refractivity contribution in [3.8, 4) is 5.88 Å². The lowest BCUT2D eigenvalue weighted by Crippen LogP contribution is -2.20. The van der Waals surface area contributed by atoms with Crippen LogP contribution in [0.1, 0.15) is 24.3 Å². The normalized spacial score (nSPS) is 10.2. The van der Waals surface area contributed by atoms with Crippen LogP contribution in [-0.2, 0) is 9.53 Å². The maximum Gasteiger partial charge on any atom is 0.311 e. The highest BCUT2D eigenvalue weighted by Gasteiger charge is 2.15. The molecule has 1 amide bonds. The first-order valence-corrected chi connectivity index (χ1v) is 5.03.